The molecule has 2 aromatic rings. The van der Waals surface area contributed by atoms with Crippen LogP contribution in [0, 0.1) is 5.92 Å². The average molecular weight is 395 g/mol. The van der Waals surface area contributed by atoms with Crippen molar-refractivity contribution in [1.29, 1.82) is 0 Å². The number of amides is 1. The highest BCUT2D eigenvalue weighted by atomic mass is 16.5. The van der Waals surface area contributed by atoms with Crippen LogP contribution < -0.4 is 9.47 Å². The van der Waals surface area contributed by atoms with Crippen molar-refractivity contribution in [2.24, 2.45) is 5.92 Å². The summed E-state index contributed by atoms with van der Waals surface area (Å²) in [7, 11) is 0. The van der Waals surface area contributed by atoms with E-state index >= 15 is 0 Å². The van der Waals surface area contributed by atoms with Crippen LogP contribution in [0.15, 0.2) is 48.5 Å². The number of carbonyl (C=O) groups is 2. The minimum Gasteiger partial charge on any atom is -0.483 e. The highest BCUT2D eigenvalue weighted by molar-refractivity contribution is 5.81. The summed E-state index contributed by atoms with van der Waals surface area (Å²) in [4.78, 5) is 26.1. The predicted octanol–water partition coefficient (Wildman–Crippen LogP) is 3.11. The molecule has 6 nitrogen and oxygen atoms in total. The molecular weight excluding hydrogens is 370 g/mol. The van der Waals surface area contributed by atoms with Gasteiger partial charge in [-0.3, -0.25) is 9.59 Å². The lowest BCUT2D eigenvalue weighted by molar-refractivity contribution is -0.142. The van der Waals surface area contributed by atoms with E-state index in [4.69, 9.17) is 9.47 Å². The molecule has 1 saturated heterocycles. The van der Waals surface area contributed by atoms with Gasteiger partial charge in [0.2, 0.25) is 0 Å². The molecular formula is C23H25NO5. The quantitative estimate of drug-likeness (QED) is 0.842. The molecule has 29 heavy (non-hydrogen) atoms. The summed E-state index contributed by atoms with van der Waals surface area (Å²) in [5.74, 6) is -0.697. The lowest BCUT2D eigenvalue weighted by atomic mass is 9.89. The largest absolute Gasteiger partial charge is 0.483 e. The smallest absolute Gasteiger partial charge is 0.308 e. The van der Waals surface area contributed by atoms with Gasteiger partial charge in [-0.05, 0) is 25.5 Å². The van der Waals surface area contributed by atoms with Crippen LogP contribution in [0.2, 0.25) is 0 Å². The molecule has 0 spiro atoms. The van der Waals surface area contributed by atoms with Crippen molar-refractivity contribution >= 4 is 11.9 Å². The van der Waals surface area contributed by atoms with Crippen LogP contribution in [0.3, 0.4) is 0 Å². The fourth-order valence-electron chi connectivity index (χ4n) is 4.23. The van der Waals surface area contributed by atoms with E-state index in [2.05, 4.69) is 0 Å². The lowest BCUT2D eigenvalue weighted by Gasteiger charge is -2.19. The summed E-state index contributed by atoms with van der Waals surface area (Å²) in [6, 6.07) is 15.2. The zero-order chi connectivity index (χ0) is 20.6. The Hall–Kier alpha value is -3.02. The number of likely N-dealkylation sites (tertiary alicyclic amines) is 1. The number of fused-ring (bicyclic) bond motifs is 1. The summed E-state index contributed by atoms with van der Waals surface area (Å²) >= 11 is 0. The van der Waals surface area contributed by atoms with Gasteiger partial charge in [-0.2, -0.15) is 0 Å². The van der Waals surface area contributed by atoms with Crippen LogP contribution in [0.1, 0.15) is 30.9 Å². The third-order valence-electron chi connectivity index (χ3n) is 5.62. The SMILES string of the molecule is CC1(C)Cc2cccc(OCC(=O)N3C[C@H](C(=O)O)[C@H](c4ccccc4)C3)c2O1. The van der Waals surface area contributed by atoms with Gasteiger partial charge in [-0.15, -0.1) is 0 Å². The number of nitrogens with zero attached hydrogens (tertiary/aromatic N) is 1. The Balaban J connectivity index is 1.44. The minimum absolute atomic E-state index is 0.145. The zero-order valence-electron chi connectivity index (χ0n) is 16.6. The van der Waals surface area contributed by atoms with Gasteiger partial charge in [-0.1, -0.05) is 42.5 Å². The Kier molecular flexibility index (Phi) is 4.94. The first-order chi connectivity index (χ1) is 13.8. The summed E-state index contributed by atoms with van der Waals surface area (Å²) in [5, 5.41) is 9.62. The fourth-order valence-corrected chi connectivity index (χ4v) is 4.23. The summed E-state index contributed by atoms with van der Waals surface area (Å²) in [6.07, 6.45) is 0.790. The Labute approximate surface area is 170 Å². The van der Waals surface area contributed by atoms with Gasteiger partial charge in [0.25, 0.3) is 5.91 Å². The highest BCUT2D eigenvalue weighted by Crippen LogP contribution is 2.41. The van der Waals surface area contributed by atoms with Crippen LogP contribution in [0.5, 0.6) is 11.5 Å². The number of carboxylic acid groups (broad SMARTS) is 1. The van der Waals surface area contributed by atoms with Crippen molar-refractivity contribution in [3.8, 4) is 11.5 Å². The molecule has 0 bridgehead atoms. The number of carboxylic acids is 1. The Bertz CT molecular complexity index is 924. The van der Waals surface area contributed by atoms with E-state index in [9.17, 15) is 14.7 Å². The Morgan fingerprint density at radius 1 is 1.14 bits per heavy atom. The second kappa shape index (κ2) is 7.43. The topological polar surface area (TPSA) is 76.1 Å². The van der Waals surface area contributed by atoms with Gasteiger partial charge >= 0.3 is 5.97 Å². The van der Waals surface area contributed by atoms with Crippen molar-refractivity contribution in [1.82, 2.24) is 4.90 Å². The van der Waals surface area contributed by atoms with Gasteiger partial charge in [0.1, 0.15) is 5.60 Å². The van der Waals surface area contributed by atoms with Crippen molar-refractivity contribution in [3.05, 3.63) is 59.7 Å². The Morgan fingerprint density at radius 2 is 1.90 bits per heavy atom. The summed E-state index contributed by atoms with van der Waals surface area (Å²) in [6.45, 7) is 4.45. The second-order valence-electron chi connectivity index (χ2n) is 8.33. The molecule has 0 radical (unpaired) electrons. The molecule has 1 fully saturated rings. The van der Waals surface area contributed by atoms with E-state index in [1.54, 1.807) is 11.0 Å². The first-order valence-electron chi connectivity index (χ1n) is 9.83. The molecule has 2 aliphatic rings. The molecule has 0 aromatic heterocycles. The van der Waals surface area contributed by atoms with Gasteiger partial charge < -0.3 is 19.5 Å². The third kappa shape index (κ3) is 3.92. The predicted molar refractivity (Wildman–Crippen MR) is 107 cm³/mol. The van der Waals surface area contributed by atoms with Crippen LogP contribution in [-0.4, -0.2) is 47.2 Å². The summed E-state index contributed by atoms with van der Waals surface area (Å²) < 4.78 is 11.8. The van der Waals surface area contributed by atoms with Crippen molar-refractivity contribution in [2.45, 2.75) is 31.8 Å². The molecule has 2 aliphatic heterocycles. The van der Waals surface area contributed by atoms with Crippen molar-refractivity contribution in [3.63, 3.8) is 0 Å². The van der Waals surface area contributed by atoms with E-state index < -0.39 is 11.9 Å². The molecule has 1 N–H and O–H groups in total. The van der Waals surface area contributed by atoms with Gasteiger partial charge in [0.05, 0.1) is 5.92 Å². The van der Waals surface area contributed by atoms with E-state index in [1.165, 1.54) is 0 Å². The van der Waals surface area contributed by atoms with E-state index in [0.29, 0.717) is 18.0 Å². The standard InChI is InChI=1S/C23H25NO5/c1-23(2)11-16-9-6-10-19(21(16)29-23)28-14-20(25)24-12-17(18(13-24)22(26)27)15-7-4-3-5-8-15/h3-10,17-18H,11-14H2,1-2H3,(H,26,27)/t17-,18-/m0/s1. The molecule has 6 heteroatoms. The third-order valence-corrected chi connectivity index (χ3v) is 5.62. The van der Waals surface area contributed by atoms with Crippen molar-refractivity contribution in [2.75, 3.05) is 19.7 Å². The van der Waals surface area contributed by atoms with Gasteiger partial charge in [-0.25, -0.2) is 0 Å². The number of rotatable bonds is 5. The summed E-state index contributed by atoms with van der Waals surface area (Å²) in [5.41, 5.74) is 1.71. The lowest BCUT2D eigenvalue weighted by Crippen LogP contribution is -2.34. The molecule has 2 heterocycles. The molecule has 152 valence electrons. The molecule has 0 saturated carbocycles. The number of ether oxygens (including phenoxy) is 2. The van der Waals surface area contributed by atoms with Crippen LogP contribution in [-0.2, 0) is 16.0 Å². The maximum Gasteiger partial charge on any atom is 0.308 e. The molecule has 4 rings (SSSR count). The monoisotopic (exact) mass is 395 g/mol. The normalized spacial score (nSPS) is 22.1. The highest BCUT2D eigenvalue weighted by Gasteiger charge is 2.40. The fraction of sp³-hybridized carbons (Fsp3) is 0.391. The molecule has 0 aliphatic carbocycles. The number of hydrogen-bond donors (Lipinski definition) is 1. The number of hydrogen-bond acceptors (Lipinski definition) is 4. The van der Waals surface area contributed by atoms with Gasteiger partial charge in [0.15, 0.2) is 18.1 Å². The number of benzene rings is 2. The van der Waals surface area contributed by atoms with Crippen LogP contribution in [0.25, 0.3) is 0 Å². The zero-order valence-corrected chi connectivity index (χ0v) is 16.6. The van der Waals surface area contributed by atoms with Crippen LogP contribution in [0.4, 0.5) is 0 Å². The molecule has 2 aromatic carbocycles. The maximum atomic E-state index is 12.8. The average Bonchev–Trinajstić information content (AvgIpc) is 3.27. The van der Waals surface area contributed by atoms with E-state index in [0.717, 1.165) is 17.5 Å². The molecule has 0 unspecified atom stereocenters. The first kappa shape index (κ1) is 19.3. The minimum atomic E-state index is -0.883. The second-order valence-corrected chi connectivity index (χ2v) is 8.33. The van der Waals surface area contributed by atoms with Crippen molar-refractivity contribution < 1.29 is 24.2 Å². The Morgan fingerprint density at radius 3 is 2.62 bits per heavy atom. The molecule has 2 atom stereocenters. The number of carbonyl (C=O) groups excluding carboxylic acids is 1. The first-order valence-corrected chi connectivity index (χ1v) is 9.83. The maximum absolute atomic E-state index is 12.8. The van der Waals surface area contributed by atoms with Gasteiger partial charge in [0, 0.05) is 31.0 Å². The van der Waals surface area contributed by atoms with Crippen LogP contribution >= 0.6 is 0 Å². The van der Waals surface area contributed by atoms with E-state index in [-0.39, 0.29) is 30.6 Å². The number of aliphatic carboxylic acids is 1. The number of para-hydroxylation sites is 1. The van der Waals surface area contributed by atoms with E-state index in [1.807, 2.05) is 56.3 Å². The molecule has 1 amide bonds.